The van der Waals surface area contributed by atoms with E-state index in [0.717, 1.165) is 30.0 Å². The lowest BCUT2D eigenvalue weighted by atomic mass is 9.81. The molecular weight excluding hydrogens is 272 g/mol. The Morgan fingerprint density at radius 3 is 2.95 bits per heavy atom. The molecule has 1 aliphatic carbocycles. The number of hydrogen-bond donors (Lipinski definition) is 2. The number of guanidine groups is 1. The van der Waals surface area contributed by atoms with E-state index < -0.39 is 0 Å². The molecule has 2 atom stereocenters. The summed E-state index contributed by atoms with van der Waals surface area (Å²) in [5.41, 5.74) is 2.29. The zero-order chi connectivity index (χ0) is 15.8. The second-order valence-electron chi connectivity index (χ2n) is 6.55. The number of nitrogens with zero attached hydrogens (tertiary/aromatic N) is 2. The fraction of sp³-hybridized carbons (Fsp3) is 0.667. The van der Waals surface area contributed by atoms with Crippen molar-refractivity contribution in [2.75, 3.05) is 13.6 Å². The molecule has 2 rings (SSSR count). The maximum Gasteiger partial charge on any atom is 0.191 e. The summed E-state index contributed by atoms with van der Waals surface area (Å²) >= 11 is 0. The first-order valence-corrected chi connectivity index (χ1v) is 8.54. The Labute approximate surface area is 134 Å². The predicted molar refractivity (Wildman–Crippen MR) is 92.9 cm³/mol. The summed E-state index contributed by atoms with van der Waals surface area (Å²) in [4.78, 5) is 8.70. The molecule has 4 heteroatoms. The number of aromatic nitrogens is 1. The molecular formula is C18H30N4. The van der Waals surface area contributed by atoms with E-state index in [-0.39, 0.29) is 0 Å². The van der Waals surface area contributed by atoms with Crippen LogP contribution in [0.15, 0.2) is 23.3 Å². The number of aryl methyl sites for hydroxylation is 1. The van der Waals surface area contributed by atoms with Crippen LogP contribution < -0.4 is 10.6 Å². The summed E-state index contributed by atoms with van der Waals surface area (Å²) in [7, 11) is 1.82. The zero-order valence-corrected chi connectivity index (χ0v) is 14.2. The Balaban J connectivity index is 1.70. The molecule has 2 N–H and O–H groups in total. The highest BCUT2D eigenvalue weighted by Crippen LogP contribution is 2.30. The molecule has 0 amide bonds. The molecule has 0 radical (unpaired) electrons. The first-order valence-electron chi connectivity index (χ1n) is 8.54. The first-order chi connectivity index (χ1) is 10.7. The van der Waals surface area contributed by atoms with Crippen molar-refractivity contribution >= 4 is 5.96 Å². The highest BCUT2D eigenvalue weighted by atomic mass is 15.2. The van der Waals surface area contributed by atoms with Crippen LogP contribution in [0.3, 0.4) is 0 Å². The summed E-state index contributed by atoms with van der Waals surface area (Å²) < 4.78 is 0. The summed E-state index contributed by atoms with van der Waals surface area (Å²) in [6.45, 7) is 6.19. The quantitative estimate of drug-likeness (QED) is 0.648. The molecule has 1 aromatic rings. The van der Waals surface area contributed by atoms with Gasteiger partial charge in [0.25, 0.3) is 0 Å². The van der Waals surface area contributed by atoms with E-state index in [0.29, 0.717) is 6.54 Å². The van der Waals surface area contributed by atoms with Gasteiger partial charge in [0.05, 0.1) is 12.2 Å². The highest BCUT2D eigenvalue weighted by Gasteiger charge is 2.18. The van der Waals surface area contributed by atoms with E-state index in [2.05, 4.69) is 40.5 Å². The van der Waals surface area contributed by atoms with Crippen LogP contribution in [0.5, 0.6) is 0 Å². The van der Waals surface area contributed by atoms with Crippen LogP contribution in [0, 0.1) is 18.8 Å². The van der Waals surface area contributed by atoms with E-state index in [4.69, 9.17) is 0 Å². The van der Waals surface area contributed by atoms with Crippen molar-refractivity contribution < 1.29 is 0 Å². The zero-order valence-electron chi connectivity index (χ0n) is 14.2. The Hall–Kier alpha value is -1.58. The Morgan fingerprint density at radius 1 is 1.36 bits per heavy atom. The van der Waals surface area contributed by atoms with Crippen LogP contribution in [-0.2, 0) is 6.54 Å². The maximum absolute atomic E-state index is 4.40. The fourth-order valence-electron chi connectivity index (χ4n) is 3.31. The molecule has 0 bridgehead atoms. The van der Waals surface area contributed by atoms with E-state index in [1.807, 2.05) is 19.3 Å². The lowest BCUT2D eigenvalue weighted by molar-refractivity contribution is 0.270. The van der Waals surface area contributed by atoms with Gasteiger partial charge < -0.3 is 10.6 Å². The third-order valence-electron chi connectivity index (χ3n) is 4.65. The van der Waals surface area contributed by atoms with Gasteiger partial charge >= 0.3 is 0 Å². The molecule has 1 fully saturated rings. The van der Waals surface area contributed by atoms with Gasteiger partial charge in [-0.3, -0.25) is 9.98 Å². The molecule has 1 heterocycles. The number of rotatable bonds is 5. The van der Waals surface area contributed by atoms with Crippen molar-refractivity contribution in [2.45, 2.75) is 52.5 Å². The molecule has 1 aliphatic rings. The molecule has 122 valence electrons. The molecule has 22 heavy (non-hydrogen) atoms. The third-order valence-corrected chi connectivity index (χ3v) is 4.65. The van der Waals surface area contributed by atoms with E-state index >= 15 is 0 Å². The molecule has 0 spiro atoms. The third kappa shape index (κ3) is 5.32. The first kappa shape index (κ1) is 16.8. The summed E-state index contributed by atoms with van der Waals surface area (Å²) in [5, 5.41) is 6.78. The minimum Gasteiger partial charge on any atom is -0.356 e. The van der Waals surface area contributed by atoms with Crippen LogP contribution in [-0.4, -0.2) is 24.5 Å². The van der Waals surface area contributed by atoms with Crippen LogP contribution in [0.2, 0.25) is 0 Å². The molecule has 0 aliphatic heterocycles. The van der Waals surface area contributed by atoms with Crippen LogP contribution in [0.4, 0.5) is 0 Å². The molecule has 1 saturated carbocycles. The lowest BCUT2D eigenvalue weighted by Gasteiger charge is -2.26. The molecule has 0 aromatic carbocycles. The van der Waals surface area contributed by atoms with Gasteiger partial charge in [-0.25, -0.2) is 0 Å². The second kappa shape index (κ2) is 8.76. The Kier molecular flexibility index (Phi) is 6.69. The van der Waals surface area contributed by atoms with Crippen molar-refractivity contribution in [3.05, 3.63) is 29.6 Å². The van der Waals surface area contributed by atoms with E-state index in [9.17, 15) is 0 Å². The van der Waals surface area contributed by atoms with E-state index in [1.165, 1.54) is 37.7 Å². The Bertz CT molecular complexity index is 484. The molecule has 2 unspecified atom stereocenters. The van der Waals surface area contributed by atoms with Gasteiger partial charge in [-0.2, -0.15) is 0 Å². The van der Waals surface area contributed by atoms with Gasteiger partial charge in [0, 0.05) is 19.8 Å². The van der Waals surface area contributed by atoms with Crippen LogP contribution >= 0.6 is 0 Å². The number of pyridine rings is 1. The lowest BCUT2D eigenvalue weighted by Crippen LogP contribution is -2.38. The van der Waals surface area contributed by atoms with Gasteiger partial charge in [-0.15, -0.1) is 0 Å². The summed E-state index contributed by atoms with van der Waals surface area (Å²) in [6.07, 6.45) is 8.68. The number of hydrogen-bond acceptors (Lipinski definition) is 2. The predicted octanol–water partition coefficient (Wildman–Crippen LogP) is 3.27. The number of nitrogens with one attached hydrogen (secondary N) is 2. The van der Waals surface area contributed by atoms with Gasteiger partial charge in [0.1, 0.15) is 0 Å². The maximum atomic E-state index is 4.40. The van der Waals surface area contributed by atoms with Crippen molar-refractivity contribution in [1.29, 1.82) is 0 Å². The summed E-state index contributed by atoms with van der Waals surface area (Å²) in [5.74, 6) is 2.66. The second-order valence-corrected chi connectivity index (χ2v) is 6.55. The standard InChI is InChI=1S/C18H30N4/c1-14-6-4-8-16(12-14)9-11-21-18(19-3)22-13-17-15(2)7-5-10-20-17/h5,7,10,14,16H,4,6,8-9,11-13H2,1-3H3,(H2,19,21,22). The van der Waals surface area contributed by atoms with Crippen LogP contribution in [0.25, 0.3) is 0 Å². The Morgan fingerprint density at radius 2 is 2.23 bits per heavy atom. The van der Waals surface area contributed by atoms with Crippen molar-refractivity contribution in [3.63, 3.8) is 0 Å². The average Bonchev–Trinajstić information content (AvgIpc) is 2.52. The highest BCUT2D eigenvalue weighted by molar-refractivity contribution is 5.79. The smallest absolute Gasteiger partial charge is 0.191 e. The van der Waals surface area contributed by atoms with Crippen molar-refractivity contribution in [2.24, 2.45) is 16.8 Å². The molecule has 4 nitrogen and oxygen atoms in total. The van der Waals surface area contributed by atoms with Crippen molar-refractivity contribution in [3.8, 4) is 0 Å². The van der Waals surface area contributed by atoms with E-state index in [1.54, 1.807) is 0 Å². The fourth-order valence-corrected chi connectivity index (χ4v) is 3.31. The average molecular weight is 302 g/mol. The topological polar surface area (TPSA) is 49.3 Å². The minimum atomic E-state index is 0.715. The van der Waals surface area contributed by atoms with Gasteiger partial charge in [0.2, 0.25) is 0 Å². The van der Waals surface area contributed by atoms with Gasteiger partial charge in [-0.1, -0.05) is 32.3 Å². The van der Waals surface area contributed by atoms with Gasteiger partial charge in [0.15, 0.2) is 5.96 Å². The molecule has 0 saturated heterocycles. The molecule has 1 aromatic heterocycles. The monoisotopic (exact) mass is 302 g/mol. The van der Waals surface area contributed by atoms with Gasteiger partial charge in [-0.05, 0) is 43.2 Å². The minimum absolute atomic E-state index is 0.715. The SMILES string of the molecule is CN=C(NCCC1CCCC(C)C1)NCc1ncccc1C. The van der Waals surface area contributed by atoms with Crippen LogP contribution in [0.1, 0.15) is 50.3 Å². The normalized spacial score (nSPS) is 22.4. The van der Waals surface area contributed by atoms with Crippen molar-refractivity contribution in [1.82, 2.24) is 15.6 Å². The largest absolute Gasteiger partial charge is 0.356 e. The summed E-state index contributed by atoms with van der Waals surface area (Å²) in [6, 6.07) is 4.06. The number of aliphatic imine (C=N–C) groups is 1.